The molecule has 3 rings (SSSR count). The lowest BCUT2D eigenvalue weighted by molar-refractivity contribution is 0.507. The molecule has 2 aromatic rings. The topological polar surface area (TPSA) is 28.2 Å². The second-order valence-corrected chi connectivity index (χ2v) is 6.56. The summed E-state index contributed by atoms with van der Waals surface area (Å²) in [5.74, 6) is -2.38. The number of halogens is 4. The first-order valence-electron chi connectivity index (χ1n) is 7.80. The van der Waals surface area contributed by atoms with E-state index >= 15 is 0 Å². The van der Waals surface area contributed by atoms with Crippen LogP contribution in [-0.4, -0.2) is 24.2 Å². The van der Waals surface area contributed by atoms with Gasteiger partial charge in [-0.2, -0.15) is 0 Å². The Labute approximate surface area is 149 Å². The molecule has 0 amide bonds. The molecule has 3 nitrogen and oxygen atoms in total. The predicted octanol–water partition coefficient (Wildman–Crippen LogP) is 4.38. The first-order valence-corrected chi connectivity index (χ1v) is 8.18. The van der Waals surface area contributed by atoms with Crippen LogP contribution in [-0.2, 0) is 0 Å². The lowest BCUT2D eigenvalue weighted by Crippen LogP contribution is -2.49. The lowest BCUT2D eigenvalue weighted by atomic mass is 9.94. The second-order valence-electron chi connectivity index (χ2n) is 6.18. The zero-order valence-electron chi connectivity index (χ0n) is 13.9. The molecule has 25 heavy (non-hydrogen) atoms. The van der Waals surface area contributed by atoms with Crippen molar-refractivity contribution < 1.29 is 13.2 Å². The van der Waals surface area contributed by atoms with Crippen molar-refractivity contribution in [3.63, 3.8) is 0 Å². The van der Waals surface area contributed by atoms with E-state index in [1.54, 1.807) is 30.3 Å². The quantitative estimate of drug-likeness (QED) is 0.872. The van der Waals surface area contributed by atoms with Gasteiger partial charge in [-0.05, 0) is 26.0 Å². The Kier molecular flexibility index (Phi) is 4.75. The first kappa shape index (κ1) is 17.8. The largest absolute Gasteiger partial charge is 0.339 e. The Morgan fingerprint density at radius 2 is 1.84 bits per heavy atom. The molecule has 1 aromatic heterocycles. The molecule has 0 saturated carbocycles. The molecule has 0 fully saturated rings. The molecule has 1 aliphatic heterocycles. The number of anilines is 1. The van der Waals surface area contributed by atoms with Crippen LogP contribution in [0.25, 0.3) is 10.6 Å². The van der Waals surface area contributed by atoms with Gasteiger partial charge in [0.1, 0.15) is 29.4 Å². The van der Waals surface area contributed by atoms with Crippen molar-refractivity contribution in [2.75, 3.05) is 11.9 Å². The molecule has 0 aliphatic carbocycles. The molecule has 0 spiro atoms. The molecule has 0 radical (unpaired) electrons. The highest BCUT2D eigenvalue weighted by molar-refractivity contribution is 6.53. The summed E-state index contributed by atoms with van der Waals surface area (Å²) in [5.41, 5.74) is 0.436. The number of fused-ring (bicyclic) bond motifs is 1. The molecule has 7 heteroatoms. The standard InChI is InChI=1S/C18H17ClF3N3/c1-9(2)24-18-15(14-12(21)7-10(20)8-13(14)22)16(19)11-5-4-6-23-17(11)25(18)3/h4-9,18,24H,1-3H3. The average Bonchev–Trinajstić information content (AvgIpc) is 2.53. The third kappa shape index (κ3) is 3.12. The first-order chi connectivity index (χ1) is 11.8. The van der Waals surface area contributed by atoms with Gasteiger partial charge in [-0.15, -0.1) is 0 Å². The molecular formula is C18H17ClF3N3. The van der Waals surface area contributed by atoms with Crippen LogP contribution in [0.15, 0.2) is 30.5 Å². The summed E-state index contributed by atoms with van der Waals surface area (Å²) < 4.78 is 42.2. The van der Waals surface area contributed by atoms with E-state index < -0.39 is 23.6 Å². The minimum Gasteiger partial charge on any atom is -0.339 e. The van der Waals surface area contributed by atoms with Crippen molar-refractivity contribution in [2.45, 2.75) is 26.1 Å². The van der Waals surface area contributed by atoms with Gasteiger partial charge < -0.3 is 4.90 Å². The SMILES string of the molecule is CC(C)NC1C(c2c(F)cc(F)cc2F)=C(Cl)c2cccnc2N1C. The molecule has 132 valence electrons. The van der Waals surface area contributed by atoms with Gasteiger partial charge in [-0.1, -0.05) is 11.6 Å². The van der Waals surface area contributed by atoms with Gasteiger partial charge in [0.25, 0.3) is 0 Å². The van der Waals surface area contributed by atoms with Gasteiger partial charge >= 0.3 is 0 Å². The summed E-state index contributed by atoms with van der Waals surface area (Å²) in [6.45, 7) is 3.81. The summed E-state index contributed by atoms with van der Waals surface area (Å²) >= 11 is 6.52. The van der Waals surface area contributed by atoms with E-state index in [0.717, 1.165) is 0 Å². The molecule has 0 bridgehead atoms. The van der Waals surface area contributed by atoms with E-state index in [0.29, 0.717) is 23.5 Å². The van der Waals surface area contributed by atoms with E-state index in [1.807, 2.05) is 13.8 Å². The molecule has 0 saturated heterocycles. The van der Waals surface area contributed by atoms with Crippen LogP contribution in [0.5, 0.6) is 0 Å². The Hall–Kier alpha value is -2.05. The zero-order chi connectivity index (χ0) is 18.3. The summed E-state index contributed by atoms with van der Waals surface area (Å²) in [5, 5.41) is 3.42. The van der Waals surface area contributed by atoms with Crippen LogP contribution in [0.1, 0.15) is 25.0 Å². The summed E-state index contributed by atoms with van der Waals surface area (Å²) in [6, 6.07) is 4.73. The highest BCUT2D eigenvalue weighted by Gasteiger charge is 2.35. The summed E-state index contributed by atoms with van der Waals surface area (Å²) in [6.07, 6.45) is 1.00. The second kappa shape index (κ2) is 6.69. The molecule has 1 unspecified atom stereocenters. The number of pyridine rings is 1. The Morgan fingerprint density at radius 1 is 1.20 bits per heavy atom. The number of likely N-dealkylation sites (N-methyl/N-ethyl adjacent to an activating group) is 1. The van der Waals surface area contributed by atoms with Gasteiger partial charge in [0.05, 0.1) is 10.6 Å². The van der Waals surface area contributed by atoms with Gasteiger partial charge in [0.15, 0.2) is 0 Å². The molecule has 1 aliphatic rings. The number of nitrogens with zero attached hydrogens (tertiary/aromatic N) is 2. The van der Waals surface area contributed by atoms with Gasteiger partial charge in [-0.3, -0.25) is 5.32 Å². The molecular weight excluding hydrogens is 351 g/mol. The van der Waals surface area contributed by atoms with Crippen molar-refractivity contribution in [2.24, 2.45) is 0 Å². The van der Waals surface area contributed by atoms with E-state index in [9.17, 15) is 13.2 Å². The number of nitrogens with one attached hydrogen (secondary N) is 1. The fourth-order valence-corrected chi connectivity index (χ4v) is 3.33. The number of rotatable bonds is 3. The van der Waals surface area contributed by atoms with Crippen molar-refractivity contribution in [1.82, 2.24) is 10.3 Å². The normalized spacial score (nSPS) is 17.3. The maximum atomic E-state index is 14.4. The fraction of sp³-hybridized carbons (Fsp3) is 0.278. The van der Waals surface area contributed by atoms with Crippen LogP contribution in [0.2, 0.25) is 0 Å². The molecule has 1 aromatic carbocycles. The van der Waals surface area contributed by atoms with E-state index in [-0.39, 0.29) is 22.2 Å². The maximum Gasteiger partial charge on any atom is 0.138 e. The van der Waals surface area contributed by atoms with E-state index in [4.69, 9.17) is 11.6 Å². The van der Waals surface area contributed by atoms with Gasteiger partial charge in [0.2, 0.25) is 0 Å². The molecule has 2 heterocycles. The Balaban J connectivity index is 2.30. The van der Waals surface area contributed by atoms with Crippen molar-refractivity contribution in [3.05, 3.63) is 59.0 Å². The third-order valence-corrected chi connectivity index (χ3v) is 4.43. The van der Waals surface area contributed by atoms with Gasteiger partial charge in [-0.25, -0.2) is 18.2 Å². The van der Waals surface area contributed by atoms with Crippen LogP contribution >= 0.6 is 11.6 Å². The number of aromatic nitrogens is 1. The zero-order valence-corrected chi connectivity index (χ0v) is 14.7. The highest BCUT2D eigenvalue weighted by Crippen LogP contribution is 2.43. The molecule has 1 atom stereocenters. The monoisotopic (exact) mass is 367 g/mol. The number of hydrogen-bond acceptors (Lipinski definition) is 3. The van der Waals surface area contributed by atoms with Gasteiger partial charge in [0, 0.05) is 42.6 Å². The Morgan fingerprint density at radius 3 is 2.44 bits per heavy atom. The minimum atomic E-state index is -0.998. The van der Waals surface area contributed by atoms with Crippen LogP contribution in [0.3, 0.4) is 0 Å². The van der Waals surface area contributed by atoms with Crippen molar-refractivity contribution in [1.29, 1.82) is 0 Å². The average molecular weight is 368 g/mol. The Bertz CT molecular complexity index is 828. The summed E-state index contributed by atoms with van der Waals surface area (Å²) in [7, 11) is 1.76. The van der Waals surface area contributed by atoms with E-state index in [2.05, 4.69) is 10.3 Å². The number of hydrogen-bond donors (Lipinski definition) is 1. The van der Waals surface area contributed by atoms with Crippen molar-refractivity contribution >= 4 is 28.0 Å². The smallest absolute Gasteiger partial charge is 0.138 e. The highest BCUT2D eigenvalue weighted by atomic mass is 35.5. The summed E-state index contributed by atoms with van der Waals surface area (Å²) in [4.78, 5) is 6.08. The fourth-order valence-electron chi connectivity index (χ4n) is 2.99. The van der Waals surface area contributed by atoms with E-state index in [1.165, 1.54) is 0 Å². The number of benzene rings is 1. The van der Waals surface area contributed by atoms with Crippen molar-refractivity contribution in [3.8, 4) is 0 Å². The van der Waals surface area contributed by atoms with Crippen LogP contribution < -0.4 is 10.2 Å². The molecule has 1 N–H and O–H groups in total. The third-order valence-electron chi connectivity index (χ3n) is 4.02. The van der Waals surface area contributed by atoms with Crippen LogP contribution in [0, 0.1) is 17.5 Å². The maximum absolute atomic E-state index is 14.4. The predicted molar refractivity (Wildman–Crippen MR) is 93.7 cm³/mol. The van der Waals surface area contributed by atoms with Crippen LogP contribution in [0.4, 0.5) is 19.0 Å². The minimum absolute atomic E-state index is 0.00347. The lowest BCUT2D eigenvalue weighted by Gasteiger charge is -2.38.